The summed E-state index contributed by atoms with van der Waals surface area (Å²) in [5, 5.41) is 0. The fraction of sp³-hybridized carbons (Fsp3) is 0.357. The highest BCUT2D eigenvalue weighted by Crippen LogP contribution is 2.30. The first-order valence-electron chi connectivity index (χ1n) is 5.81. The third-order valence-corrected chi connectivity index (χ3v) is 4.23. The third-order valence-electron chi connectivity index (χ3n) is 3.19. The Morgan fingerprint density at radius 3 is 2.78 bits per heavy atom. The summed E-state index contributed by atoms with van der Waals surface area (Å²) in [5.41, 5.74) is 3.20. The SMILES string of the molecule is COc1ccc(C2=CCC(I)C(=O)N2C)c(C)c1. The van der Waals surface area contributed by atoms with Crippen LogP contribution in [0.5, 0.6) is 5.75 Å². The average Bonchev–Trinajstić information content (AvgIpc) is 2.37. The molecule has 0 spiro atoms. The molecule has 4 heteroatoms. The van der Waals surface area contributed by atoms with Gasteiger partial charge >= 0.3 is 0 Å². The van der Waals surface area contributed by atoms with E-state index in [1.807, 2.05) is 32.2 Å². The summed E-state index contributed by atoms with van der Waals surface area (Å²) < 4.78 is 5.25. The molecule has 1 unspecified atom stereocenters. The van der Waals surface area contributed by atoms with Crippen molar-refractivity contribution in [1.29, 1.82) is 0 Å². The minimum Gasteiger partial charge on any atom is -0.497 e. The quantitative estimate of drug-likeness (QED) is 0.602. The largest absolute Gasteiger partial charge is 0.497 e. The molecule has 1 amide bonds. The maximum absolute atomic E-state index is 12.0. The second-order valence-corrected chi connectivity index (χ2v) is 5.87. The Morgan fingerprint density at radius 1 is 1.44 bits per heavy atom. The maximum Gasteiger partial charge on any atom is 0.240 e. The standard InChI is InChI=1S/C14H16INO2/c1-9-8-10(18-3)4-5-11(9)13-7-6-12(15)14(17)16(13)2/h4-5,7-8,12H,6H2,1-3H3. The van der Waals surface area contributed by atoms with Gasteiger partial charge in [0.25, 0.3) is 0 Å². The van der Waals surface area contributed by atoms with Crippen LogP contribution in [0.4, 0.5) is 0 Å². The van der Waals surface area contributed by atoms with Gasteiger partial charge in [0.1, 0.15) is 5.75 Å². The Kier molecular flexibility index (Phi) is 3.94. The van der Waals surface area contributed by atoms with E-state index in [4.69, 9.17) is 4.74 Å². The molecule has 0 saturated carbocycles. The molecule has 0 aromatic heterocycles. The Labute approximate surface area is 121 Å². The van der Waals surface area contributed by atoms with Gasteiger partial charge in [0.2, 0.25) is 5.91 Å². The summed E-state index contributed by atoms with van der Waals surface area (Å²) in [6.07, 6.45) is 2.93. The fourth-order valence-electron chi connectivity index (χ4n) is 2.12. The van der Waals surface area contributed by atoms with Crippen LogP contribution >= 0.6 is 22.6 Å². The van der Waals surface area contributed by atoms with Crippen LogP contribution in [0.1, 0.15) is 17.5 Å². The Morgan fingerprint density at radius 2 is 2.17 bits per heavy atom. The molecule has 1 aliphatic rings. The number of hydrogen-bond donors (Lipinski definition) is 0. The number of amides is 1. The molecule has 0 bridgehead atoms. The molecular formula is C14H16INO2. The minimum absolute atomic E-state index is 0.0508. The van der Waals surface area contributed by atoms with Gasteiger partial charge in [-0.15, -0.1) is 0 Å². The van der Waals surface area contributed by atoms with E-state index < -0.39 is 0 Å². The highest BCUT2D eigenvalue weighted by Gasteiger charge is 2.26. The third kappa shape index (κ3) is 2.39. The predicted octanol–water partition coefficient (Wildman–Crippen LogP) is 3.01. The van der Waals surface area contributed by atoms with E-state index in [-0.39, 0.29) is 9.83 Å². The van der Waals surface area contributed by atoms with Crippen LogP contribution in [0.3, 0.4) is 0 Å². The normalized spacial score (nSPS) is 19.8. The number of nitrogens with zero attached hydrogens (tertiary/aromatic N) is 1. The van der Waals surface area contributed by atoms with Gasteiger partial charge in [-0.2, -0.15) is 0 Å². The van der Waals surface area contributed by atoms with Gasteiger partial charge in [-0.25, -0.2) is 0 Å². The van der Waals surface area contributed by atoms with Crippen molar-refractivity contribution in [1.82, 2.24) is 4.90 Å². The van der Waals surface area contributed by atoms with Gasteiger partial charge in [0.15, 0.2) is 0 Å². The first-order valence-corrected chi connectivity index (χ1v) is 7.06. The van der Waals surface area contributed by atoms with E-state index in [0.29, 0.717) is 0 Å². The molecule has 1 aromatic carbocycles. The number of carbonyl (C=O) groups is 1. The van der Waals surface area contributed by atoms with E-state index in [9.17, 15) is 4.79 Å². The van der Waals surface area contributed by atoms with Crippen molar-refractivity contribution in [2.75, 3.05) is 14.2 Å². The number of halogens is 1. The van der Waals surface area contributed by atoms with Gasteiger partial charge < -0.3 is 9.64 Å². The molecule has 1 heterocycles. The van der Waals surface area contributed by atoms with E-state index in [0.717, 1.165) is 29.0 Å². The summed E-state index contributed by atoms with van der Waals surface area (Å²) >= 11 is 2.19. The lowest BCUT2D eigenvalue weighted by molar-refractivity contribution is -0.126. The highest BCUT2D eigenvalue weighted by atomic mass is 127. The van der Waals surface area contributed by atoms with Crippen molar-refractivity contribution in [3.8, 4) is 5.75 Å². The van der Waals surface area contributed by atoms with Crippen LogP contribution in [0, 0.1) is 6.92 Å². The van der Waals surface area contributed by atoms with Crippen molar-refractivity contribution in [3.05, 3.63) is 35.4 Å². The van der Waals surface area contributed by atoms with Crippen LogP contribution in [-0.4, -0.2) is 28.9 Å². The minimum atomic E-state index is 0.0508. The van der Waals surface area contributed by atoms with Gasteiger partial charge in [0, 0.05) is 18.3 Å². The van der Waals surface area contributed by atoms with Crippen LogP contribution in [0.15, 0.2) is 24.3 Å². The van der Waals surface area contributed by atoms with Gasteiger partial charge in [-0.3, -0.25) is 4.79 Å². The molecule has 0 radical (unpaired) electrons. The number of aryl methyl sites for hydroxylation is 1. The second-order valence-electron chi connectivity index (χ2n) is 4.37. The van der Waals surface area contributed by atoms with E-state index >= 15 is 0 Å². The Balaban J connectivity index is 2.40. The van der Waals surface area contributed by atoms with Crippen molar-refractivity contribution in [3.63, 3.8) is 0 Å². The molecule has 96 valence electrons. The molecule has 18 heavy (non-hydrogen) atoms. The summed E-state index contributed by atoms with van der Waals surface area (Å²) in [4.78, 5) is 13.7. The monoisotopic (exact) mass is 357 g/mol. The van der Waals surface area contributed by atoms with Gasteiger partial charge in [0.05, 0.1) is 11.0 Å². The first-order chi connectivity index (χ1) is 8.54. The molecule has 0 saturated heterocycles. The molecule has 0 aliphatic carbocycles. The van der Waals surface area contributed by atoms with Crippen molar-refractivity contribution < 1.29 is 9.53 Å². The number of hydrogen-bond acceptors (Lipinski definition) is 2. The highest BCUT2D eigenvalue weighted by molar-refractivity contribution is 14.1. The molecule has 0 N–H and O–H groups in total. The van der Waals surface area contributed by atoms with Gasteiger partial charge in [-0.05, 0) is 37.1 Å². The zero-order valence-electron chi connectivity index (χ0n) is 10.7. The van der Waals surface area contributed by atoms with Crippen LogP contribution in [-0.2, 0) is 4.79 Å². The van der Waals surface area contributed by atoms with Crippen LogP contribution in [0.2, 0.25) is 0 Å². The van der Waals surface area contributed by atoms with Crippen molar-refractivity contribution in [2.45, 2.75) is 17.3 Å². The molecule has 1 atom stereocenters. The van der Waals surface area contributed by atoms with Crippen molar-refractivity contribution >= 4 is 34.2 Å². The number of carbonyl (C=O) groups excluding carboxylic acids is 1. The Bertz CT molecular complexity index is 511. The van der Waals surface area contributed by atoms with Crippen molar-refractivity contribution in [2.24, 2.45) is 0 Å². The predicted molar refractivity (Wildman–Crippen MR) is 80.9 cm³/mol. The number of ether oxygens (including phenoxy) is 1. The summed E-state index contributed by atoms with van der Waals surface area (Å²) in [5.74, 6) is 1.01. The Hall–Kier alpha value is -1.04. The van der Waals surface area contributed by atoms with E-state index in [2.05, 4.69) is 28.7 Å². The first kappa shape index (κ1) is 13.4. The lowest BCUT2D eigenvalue weighted by Gasteiger charge is -2.28. The fourth-order valence-corrected chi connectivity index (χ4v) is 2.79. The molecule has 3 nitrogen and oxygen atoms in total. The zero-order chi connectivity index (χ0) is 13.3. The number of rotatable bonds is 2. The molecule has 1 aliphatic heterocycles. The van der Waals surface area contributed by atoms with E-state index in [1.54, 1.807) is 12.0 Å². The molecule has 2 rings (SSSR count). The lowest BCUT2D eigenvalue weighted by Crippen LogP contribution is -2.35. The van der Waals surface area contributed by atoms with Crippen LogP contribution < -0.4 is 4.74 Å². The maximum atomic E-state index is 12.0. The number of benzene rings is 1. The van der Waals surface area contributed by atoms with Gasteiger partial charge in [-0.1, -0.05) is 28.7 Å². The second kappa shape index (κ2) is 5.30. The van der Waals surface area contributed by atoms with Crippen LogP contribution in [0.25, 0.3) is 5.70 Å². The number of allylic oxidation sites excluding steroid dienone is 1. The topological polar surface area (TPSA) is 29.5 Å². The summed E-state index contributed by atoms with van der Waals surface area (Å²) in [7, 11) is 3.49. The smallest absolute Gasteiger partial charge is 0.240 e. The number of methoxy groups -OCH3 is 1. The summed E-state index contributed by atoms with van der Waals surface area (Å²) in [6, 6.07) is 5.93. The lowest BCUT2D eigenvalue weighted by atomic mass is 10.0. The molecule has 1 aromatic rings. The molecular weight excluding hydrogens is 341 g/mol. The average molecular weight is 357 g/mol. The zero-order valence-corrected chi connectivity index (χ0v) is 12.9. The number of alkyl halides is 1. The van der Waals surface area contributed by atoms with E-state index in [1.165, 1.54) is 0 Å². The summed E-state index contributed by atoms with van der Waals surface area (Å²) in [6.45, 7) is 2.03. The molecule has 0 fully saturated rings.